The predicted octanol–water partition coefficient (Wildman–Crippen LogP) is 5.68. The van der Waals surface area contributed by atoms with E-state index < -0.39 is 29.4 Å². The number of nitrogens with one attached hydrogen (secondary N) is 1. The molecule has 35 heavy (non-hydrogen) atoms. The van der Waals surface area contributed by atoms with Crippen molar-refractivity contribution in [3.63, 3.8) is 0 Å². The summed E-state index contributed by atoms with van der Waals surface area (Å²) in [5.41, 5.74) is 1.66. The second kappa shape index (κ2) is 8.95. The zero-order valence-electron chi connectivity index (χ0n) is 18.3. The third-order valence-corrected chi connectivity index (χ3v) is 5.79. The number of amides is 3. The van der Waals surface area contributed by atoms with E-state index in [1.54, 1.807) is 30.3 Å². The lowest BCUT2D eigenvalue weighted by Crippen LogP contribution is -2.29. The highest BCUT2D eigenvalue weighted by Gasteiger charge is 2.36. The van der Waals surface area contributed by atoms with Crippen LogP contribution in [-0.2, 0) is 6.54 Å². The van der Waals surface area contributed by atoms with Crippen LogP contribution in [0.15, 0.2) is 91.0 Å². The van der Waals surface area contributed by atoms with E-state index >= 15 is 0 Å². The van der Waals surface area contributed by atoms with Crippen molar-refractivity contribution in [3.8, 4) is 11.1 Å². The minimum Gasteiger partial charge on any atom is -0.319 e. The Bertz CT molecular complexity index is 1470. The van der Waals surface area contributed by atoms with Crippen molar-refractivity contribution in [2.75, 3.05) is 5.32 Å². The van der Waals surface area contributed by atoms with Gasteiger partial charge in [-0.05, 0) is 35.4 Å². The number of fused-ring (bicyclic) bond motifs is 1. The van der Waals surface area contributed by atoms with Gasteiger partial charge in [0.15, 0.2) is 0 Å². The highest BCUT2D eigenvalue weighted by Crippen LogP contribution is 2.32. The zero-order valence-corrected chi connectivity index (χ0v) is 18.3. The van der Waals surface area contributed by atoms with Crippen LogP contribution in [0.3, 0.4) is 0 Å². The molecule has 0 aromatic heterocycles. The summed E-state index contributed by atoms with van der Waals surface area (Å²) in [7, 11) is 0. The molecular weight excluding hydrogens is 450 g/mol. The van der Waals surface area contributed by atoms with Crippen molar-refractivity contribution in [1.29, 1.82) is 0 Å². The smallest absolute Gasteiger partial charge is 0.261 e. The normalized spacial score (nSPS) is 12.6. The highest BCUT2D eigenvalue weighted by molar-refractivity contribution is 6.22. The number of anilines is 1. The molecule has 1 aliphatic rings. The topological polar surface area (TPSA) is 66.5 Å². The summed E-state index contributed by atoms with van der Waals surface area (Å²) in [6, 6.07) is 23.6. The monoisotopic (exact) mass is 468 g/mol. The molecule has 1 aliphatic heterocycles. The van der Waals surface area contributed by atoms with Crippen molar-refractivity contribution < 1.29 is 23.2 Å². The summed E-state index contributed by atoms with van der Waals surface area (Å²) < 4.78 is 28.7. The van der Waals surface area contributed by atoms with Gasteiger partial charge in [-0.15, -0.1) is 0 Å². The van der Waals surface area contributed by atoms with Crippen LogP contribution in [0, 0.1) is 11.6 Å². The number of rotatable bonds is 5. The molecule has 5 rings (SSSR count). The number of carbonyl (C=O) groups is 3. The van der Waals surface area contributed by atoms with Crippen LogP contribution < -0.4 is 5.32 Å². The van der Waals surface area contributed by atoms with E-state index in [0.29, 0.717) is 11.6 Å². The van der Waals surface area contributed by atoms with Gasteiger partial charge in [-0.25, -0.2) is 8.78 Å². The fourth-order valence-corrected chi connectivity index (χ4v) is 4.07. The first kappa shape index (κ1) is 22.2. The average Bonchev–Trinajstić information content (AvgIpc) is 3.11. The summed E-state index contributed by atoms with van der Waals surface area (Å²) in [6.45, 7) is 0.107. The third kappa shape index (κ3) is 4.19. The molecule has 1 N–H and O–H groups in total. The number of imide groups is 1. The van der Waals surface area contributed by atoms with Gasteiger partial charge >= 0.3 is 0 Å². The Kier molecular flexibility index (Phi) is 5.66. The van der Waals surface area contributed by atoms with Crippen LogP contribution in [0.1, 0.15) is 36.6 Å². The van der Waals surface area contributed by atoms with E-state index in [2.05, 4.69) is 5.32 Å². The fraction of sp³-hybridized carbons (Fsp3) is 0.0357. The van der Waals surface area contributed by atoms with Gasteiger partial charge in [-0.1, -0.05) is 60.7 Å². The van der Waals surface area contributed by atoms with Crippen LogP contribution in [0.4, 0.5) is 14.5 Å². The van der Waals surface area contributed by atoms with Gasteiger partial charge in [0.1, 0.15) is 11.6 Å². The molecule has 0 aliphatic carbocycles. The molecule has 0 unspecified atom stereocenters. The number of hydrogen-bond acceptors (Lipinski definition) is 3. The number of carbonyl (C=O) groups excluding carboxylic acids is 3. The lowest BCUT2D eigenvalue weighted by molar-refractivity contribution is 0.0642. The molecule has 4 aromatic carbocycles. The van der Waals surface area contributed by atoms with Crippen molar-refractivity contribution in [2.24, 2.45) is 0 Å². The lowest BCUT2D eigenvalue weighted by Gasteiger charge is -2.13. The maximum Gasteiger partial charge on any atom is 0.261 e. The molecule has 4 aromatic rings. The van der Waals surface area contributed by atoms with E-state index in [4.69, 9.17) is 0 Å². The minimum atomic E-state index is -0.932. The Balaban J connectivity index is 1.44. The molecule has 172 valence electrons. The van der Waals surface area contributed by atoms with E-state index in [-0.39, 0.29) is 34.5 Å². The first-order valence-corrected chi connectivity index (χ1v) is 10.8. The number of hydrogen-bond donors (Lipinski definition) is 1. The largest absolute Gasteiger partial charge is 0.319 e. The quantitative estimate of drug-likeness (QED) is 0.383. The number of nitrogens with zero attached hydrogens (tertiary/aromatic N) is 1. The van der Waals surface area contributed by atoms with Crippen LogP contribution in [0.25, 0.3) is 11.1 Å². The lowest BCUT2D eigenvalue weighted by atomic mass is 10.0. The summed E-state index contributed by atoms with van der Waals surface area (Å²) in [5, 5.41) is 2.50. The molecule has 0 saturated heterocycles. The van der Waals surface area contributed by atoms with Gasteiger partial charge in [0.05, 0.1) is 23.4 Å². The van der Waals surface area contributed by atoms with Gasteiger partial charge in [-0.3, -0.25) is 19.3 Å². The molecule has 5 nitrogen and oxygen atoms in total. The molecule has 1 heterocycles. The minimum absolute atomic E-state index is 0.0641. The van der Waals surface area contributed by atoms with Crippen LogP contribution >= 0.6 is 0 Å². The standard InChI is InChI=1S/C28H18F2N2O3/c29-20-14-22(18-9-5-2-6-10-18)25(24(30)15-20)31-26(33)19-11-12-21-23(13-19)28(35)32(27(21)34)16-17-7-3-1-4-8-17/h1-15H,16H2,(H,31,33). The van der Waals surface area contributed by atoms with Gasteiger partial charge in [0.2, 0.25) is 0 Å². The van der Waals surface area contributed by atoms with Crippen molar-refractivity contribution >= 4 is 23.4 Å². The van der Waals surface area contributed by atoms with Gasteiger partial charge in [0, 0.05) is 17.2 Å². The Hall–Kier alpha value is -4.65. The van der Waals surface area contributed by atoms with E-state index in [9.17, 15) is 23.2 Å². The summed E-state index contributed by atoms with van der Waals surface area (Å²) in [4.78, 5) is 39.9. The molecule has 7 heteroatoms. The maximum absolute atomic E-state index is 14.7. The average molecular weight is 468 g/mol. The Morgan fingerprint density at radius 2 is 1.40 bits per heavy atom. The molecule has 0 fully saturated rings. The van der Waals surface area contributed by atoms with E-state index in [1.165, 1.54) is 18.2 Å². The molecular formula is C28H18F2N2O3. The van der Waals surface area contributed by atoms with Gasteiger partial charge in [-0.2, -0.15) is 0 Å². The van der Waals surface area contributed by atoms with Crippen molar-refractivity contribution in [3.05, 3.63) is 125 Å². The first-order chi connectivity index (χ1) is 16.9. The molecule has 0 radical (unpaired) electrons. The van der Waals surface area contributed by atoms with Crippen LogP contribution in [0.5, 0.6) is 0 Å². The zero-order chi connectivity index (χ0) is 24.5. The molecule has 0 atom stereocenters. The Morgan fingerprint density at radius 3 is 2.11 bits per heavy atom. The third-order valence-electron chi connectivity index (χ3n) is 5.79. The Morgan fingerprint density at radius 1 is 0.743 bits per heavy atom. The Labute approximate surface area is 199 Å². The summed E-state index contributed by atoms with van der Waals surface area (Å²) in [5.74, 6) is -3.37. The molecule has 3 amide bonds. The molecule has 0 spiro atoms. The first-order valence-electron chi connectivity index (χ1n) is 10.8. The van der Waals surface area contributed by atoms with Crippen molar-refractivity contribution in [2.45, 2.75) is 6.54 Å². The summed E-state index contributed by atoms with van der Waals surface area (Å²) >= 11 is 0. The van der Waals surface area contributed by atoms with Crippen LogP contribution in [0.2, 0.25) is 0 Å². The fourth-order valence-electron chi connectivity index (χ4n) is 4.07. The van der Waals surface area contributed by atoms with E-state index in [0.717, 1.165) is 16.5 Å². The maximum atomic E-state index is 14.7. The predicted molar refractivity (Wildman–Crippen MR) is 127 cm³/mol. The second-order valence-corrected chi connectivity index (χ2v) is 8.07. The second-order valence-electron chi connectivity index (χ2n) is 8.07. The van der Waals surface area contributed by atoms with Crippen molar-refractivity contribution in [1.82, 2.24) is 4.90 Å². The van der Waals surface area contributed by atoms with E-state index in [1.807, 2.05) is 30.3 Å². The van der Waals surface area contributed by atoms with Gasteiger partial charge < -0.3 is 5.32 Å². The SMILES string of the molecule is O=C(Nc1c(F)cc(F)cc1-c1ccccc1)c1ccc2c(c1)C(=O)N(Cc1ccccc1)C2=O. The number of halogens is 2. The molecule has 0 saturated carbocycles. The summed E-state index contributed by atoms with van der Waals surface area (Å²) in [6.07, 6.45) is 0. The highest BCUT2D eigenvalue weighted by atomic mass is 19.1. The van der Waals surface area contributed by atoms with Gasteiger partial charge in [0.25, 0.3) is 17.7 Å². The molecule has 0 bridgehead atoms. The van der Waals surface area contributed by atoms with Crippen LogP contribution in [-0.4, -0.2) is 22.6 Å². The number of benzene rings is 4.